The molecule has 0 aliphatic heterocycles. The molecule has 18 heavy (non-hydrogen) atoms. The van der Waals surface area contributed by atoms with Gasteiger partial charge < -0.3 is 10.1 Å². The highest BCUT2D eigenvalue weighted by molar-refractivity contribution is 6.17. The Bertz CT molecular complexity index is 303. The fourth-order valence-electron chi connectivity index (χ4n) is 1.86. The number of ether oxygens (including phenoxy) is 1. The molecule has 1 aromatic carbocycles. The number of nitrogens with one attached hydrogen (secondary N) is 1. The van der Waals surface area contributed by atoms with Crippen molar-refractivity contribution in [2.24, 2.45) is 5.92 Å². The zero-order valence-corrected chi connectivity index (χ0v) is 12.1. The molecule has 1 aromatic rings. The van der Waals surface area contributed by atoms with Crippen molar-refractivity contribution in [1.82, 2.24) is 5.32 Å². The Morgan fingerprint density at radius 3 is 2.56 bits per heavy atom. The van der Waals surface area contributed by atoms with Gasteiger partial charge in [0.25, 0.3) is 0 Å². The lowest BCUT2D eigenvalue weighted by molar-refractivity contribution is 0.297. The molecular weight excluding hydrogens is 246 g/mol. The van der Waals surface area contributed by atoms with Crippen LogP contribution in [0.25, 0.3) is 0 Å². The van der Waals surface area contributed by atoms with Crippen LogP contribution >= 0.6 is 11.6 Å². The van der Waals surface area contributed by atoms with Crippen molar-refractivity contribution in [3.05, 3.63) is 30.3 Å². The average molecular weight is 270 g/mol. The summed E-state index contributed by atoms with van der Waals surface area (Å²) in [4.78, 5) is 0. The fraction of sp³-hybridized carbons (Fsp3) is 0.600. The summed E-state index contributed by atoms with van der Waals surface area (Å²) in [6.07, 6.45) is 2.04. The topological polar surface area (TPSA) is 21.3 Å². The van der Waals surface area contributed by atoms with Gasteiger partial charge in [-0.05, 0) is 37.4 Å². The molecule has 102 valence electrons. The predicted octanol–water partition coefficient (Wildman–Crippen LogP) is 3.70. The van der Waals surface area contributed by atoms with Crippen molar-refractivity contribution in [2.75, 3.05) is 19.0 Å². The molecule has 3 heteroatoms. The standard InChI is InChI=1S/C15H24ClNO/c1-13(2)15(9-10-16)17-11-6-12-18-14-7-4-3-5-8-14/h3-5,7-8,13,15,17H,6,9-12H2,1-2H3. The summed E-state index contributed by atoms with van der Waals surface area (Å²) in [5.74, 6) is 2.29. The molecule has 0 saturated carbocycles. The molecule has 0 amide bonds. The van der Waals surface area contributed by atoms with Crippen LogP contribution in [0.3, 0.4) is 0 Å². The van der Waals surface area contributed by atoms with Gasteiger partial charge in [-0.25, -0.2) is 0 Å². The number of alkyl halides is 1. The first-order valence-electron chi connectivity index (χ1n) is 6.71. The van der Waals surface area contributed by atoms with Crippen molar-refractivity contribution < 1.29 is 4.74 Å². The lowest BCUT2D eigenvalue weighted by Gasteiger charge is -2.21. The smallest absolute Gasteiger partial charge is 0.119 e. The van der Waals surface area contributed by atoms with Crippen LogP contribution in [0.15, 0.2) is 30.3 Å². The van der Waals surface area contributed by atoms with Gasteiger partial charge in [-0.3, -0.25) is 0 Å². The molecule has 0 heterocycles. The largest absolute Gasteiger partial charge is 0.494 e. The summed E-state index contributed by atoms with van der Waals surface area (Å²) in [6, 6.07) is 10.5. The van der Waals surface area contributed by atoms with Crippen LogP contribution in [0, 0.1) is 5.92 Å². The van der Waals surface area contributed by atoms with Crippen LogP contribution < -0.4 is 10.1 Å². The average Bonchev–Trinajstić information content (AvgIpc) is 2.38. The Labute approximate surface area is 116 Å². The van der Waals surface area contributed by atoms with Crippen molar-refractivity contribution in [1.29, 1.82) is 0 Å². The number of benzene rings is 1. The van der Waals surface area contributed by atoms with Crippen LogP contribution in [-0.4, -0.2) is 25.1 Å². The zero-order valence-electron chi connectivity index (χ0n) is 11.4. The Hall–Kier alpha value is -0.730. The molecule has 0 saturated heterocycles. The first kappa shape index (κ1) is 15.3. The Morgan fingerprint density at radius 2 is 1.94 bits per heavy atom. The van der Waals surface area contributed by atoms with E-state index in [2.05, 4.69) is 19.2 Å². The second-order valence-corrected chi connectivity index (χ2v) is 5.18. The maximum atomic E-state index is 5.80. The number of halogens is 1. The zero-order chi connectivity index (χ0) is 13.2. The van der Waals surface area contributed by atoms with E-state index in [4.69, 9.17) is 16.3 Å². The summed E-state index contributed by atoms with van der Waals surface area (Å²) in [5, 5.41) is 3.54. The Morgan fingerprint density at radius 1 is 1.22 bits per heavy atom. The first-order chi connectivity index (χ1) is 8.74. The molecule has 0 fully saturated rings. The van der Waals surface area contributed by atoms with Crippen LogP contribution in [0.4, 0.5) is 0 Å². The minimum absolute atomic E-state index is 0.513. The summed E-state index contributed by atoms with van der Waals surface area (Å²) in [5.41, 5.74) is 0. The molecule has 1 unspecified atom stereocenters. The maximum Gasteiger partial charge on any atom is 0.119 e. The summed E-state index contributed by atoms with van der Waals surface area (Å²) < 4.78 is 5.64. The molecule has 2 nitrogen and oxygen atoms in total. The molecule has 0 bridgehead atoms. The Balaban J connectivity index is 2.10. The number of hydrogen-bond acceptors (Lipinski definition) is 2. The number of para-hydroxylation sites is 1. The maximum absolute atomic E-state index is 5.80. The normalized spacial score (nSPS) is 12.7. The van der Waals surface area contributed by atoms with Crippen molar-refractivity contribution >= 4 is 11.6 Å². The van der Waals surface area contributed by atoms with Gasteiger partial charge in [0.1, 0.15) is 5.75 Å². The van der Waals surface area contributed by atoms with E-state index in [1.807, 2.05) is 30.3 Å². The van der Waals surface area contributed by atoms with Gasteiger partial charge >= 0.3 is 0 Å². The number of hydrogen-bond donors (Lipinski definition) is 1. The molecule has 1 N–H and O–H groups in total. The van der Waals surface area contributed by atoms with Crippen molar-refractivity contribution in [3.63, 3.8) is 0 Å². The summed E-state index contributed by atoms with van der Waals surface area (Å²) in [7, 11) is 0. The second kappa shape index (κ2) is 9.23. The highest BCUT2D eigenvalue weighted by Crippen LogP contribution is 2.09. The van der Waals surface area contributed by atoms with Gasteiger partial charge in [-0.15, -0.1) is 11.6 Å². The molecule has 0 aromatic heterocycles. The van der Waals surface area contributed by atoms with Gasteiger partial charge in [0.05, 0.1) is 6.61 Å². The minimum atomic E-state index is 0.513. The van der Waals surface area contributed by atoms with Gasteiger partial charge in [0, 0.05) is 11.9 Å². The van der Waals surface area contributed by atoms with Crippen molar-refractivity contribution in [3.8, 4) is 5.75 Å². The SMILES string of the molecule is CC(C)C(CCCl)NCCCOc1ccccc1. The third-order valence-electron chi connectivity index (χ3n) is 2.96. The number of rotatable bonds is 9. The molecule has 1 rings (SSSR count). The van der Waals surface area contributed by atoms with Crippen LogP contribution in [0.2, 0.25) is 0 Å². The van der Waals surface area contributed by atoms with E-state index < -0.39 is 0 Å². The molecular formula is C15H24ClNO. The minimum Gasteiger partial charge on any atom is -0.494 e. The third kappa shape index (κ3) is 6.27. The second-order valence-electron chi connectivity index (χ2n) is 4.80. The third-order valence-corrected chi connectivity index (χ3v) is 3.18. The first-order valence-corrected chi connectivity index (χ1v) is 7.24. The van der Waals surface area contributed by atoms with E-state index in [0.717, 1.165) is 37.6 Å². The molecule has 1 atom stereocenters. The summed E-state index contributed by atoms with van der Waals surface area (Å²) in [6.45, 7) is 6.19. The van der Waals surface area contributed by atoms with Crippen LogP contribution in [-0.2, 0) is 0 Å². The highest BCUT2D eigenvalue weighted by atomic mass is 35.5. The molecule has 0 radical (unpaired) electrons. The fourth-order valence-corrected chi connectivity index (χ4v) is 2.09. The molecule has 0 aliphatic carbocycles. The molecule has 0 aliphatic rings. The van der Waals surface area contributed by atoms with Gasteiger partial charge in [0.2, 0.25) is 0 Å². The van der Waals surface area contributed by atoms with Crippen molar-refractivity contribution in [2.45, 2.75) is 32.7 Å². The summed E-state index contributed by atoms with van der Waals surface area (Å²) >= 11 is 5.80. The predicted molar refractivity (Wildman–Crippen MR) is 78.5 cm³/mol. The van der Waals surface area contributed by atoms with E-state index in [1.54, 1.807) is 0 Å². The van der Waals surface area contributed by atoms with Crippen LogP contribution in [0.1, 0.15) is 26.7 Å². The molecule has 0 spiro atoms. The van der Waals surface area contributed by atoms with Gasteiger partial charge in [-0.2, -0.15) is 0 Å². The monoisotopic (exact) mass is 269 g/mol. The Kier molecular flexibility index (Phi) is 7.86. The van der Waals surface area contributed by atoms with E-state index in [0.29, 0.717) is 12.0 Å². The highest BCUT2D eigenvalue weighted by Gasteiger charge is 2.10. The quantitative estimate of drug-likeness (QED) is 0.545. The van der Waals surface area contributed by atoms with E-state index in [9.17, 15) is 0 Å². The van der Waals surface area contributed by atoms with E-state index >= 15 is 0 Å². The van der Waals surface area contributed by atoms with Gasteiger partial charge in [0.15, 0.2) is 0 Å². The van der Waals surface area contributed by atoms with Crippen LogP contribution in [0.5, 0.6) is 5.75 Å². The van der Waals surface area contributed by atoms with E-state index in [-0.39, 0.29) is 0 Å². The lowest BCUT2D eigenvalue weighted by Crippen LogP contribution is -2.35. The van der Waals surface area contributed by atoms with E-state index in [1.165, 1.54) is 0 Å². The van der Waals surface area contributed by atoms with Gasteiger partial charge in [-0.1, -0.05) is 32.0 Å². The lowest BCUT2D eigenvalue weighted by atomic mass is 10.0.